The summed E-state index contributed by atoms with van der Waals surface area (Å²) in [6.45, 7) is 2.07. The summed E-state index contributed by atoms with van der Waals surface area (Å²) in [5, 5.41) is 10.8. The Morgan fingerprint density at radius 1 is 1.00 bits per heavy atom. The quantitative estimate of drug-likeness (QED) is 0.392. The number of aryl methyl sites for hydroxylation is 1. The fourth-order valence-electron chi connectivity index (χ4n) is 3.08. The molecule has 4 nitrogen and oxygen atoms in total. The Balaban J connectivity index is 1.88. The minimum Gasteiger partial charge on any atom is -0.258 e. The number of aromatic nitrogens is 1. The van der Waals surface area contributed by atoms with E-state index >= 15 is 0 Å². The van der Waals surface area contributed by atoms with Gasteiger partial charge in [0.15, 0.2) is 0 Å². The molecule has 0 unspecified atom stereocenters. The fraction of sp³-hybridized carbons (Fsp3) is 0.0500. The van der Waals surface area contributed by atoms with Crippen LogP contribution in [0.4, 0.5) is 5.69 Å². The number of non-ortho nitro benzene ring substituents is 1. The van der Waals surface area contributed by atoms with Crippen molar-refractivity contribution in [3.05, 3.63) is 93.2 Å². The van der Waals surface area contributed by atoms with Crippen molar-refractivity contribution >= 4 is 17.3 Å². The molecule has 0 spiro atoms. The van der Waals surface area contributed by atoms with Gasteiger partial charge < -0.3 is 0 Å². The van der Waals surface area contributed by atoms with Crippen LogP contribution in [0.5, 0.6) is 0 Å². The number of nitro groups is 1. The molecular weight excluding hydrogens is 300 g/mol. The lowest BCUT2D eigenvalue weighted by molar-refractivity contribution is -0.384. The number of rotatable bonds is 2. The molecule has 0 saturated heterocycles. The molecule has 1 aromatic heterocycles. The molecule has 0 N–H and O–H groups in total. The van der Waals surface area contributed by atoms with E-state index in [0.29, 0.717) is 0 Å². The fourth-order valence-corrected chi connectivity index (χ4v) is 3.08. The van der Waals surface area contributed by atoms with Crippen molar-refractivity contribution in [1.29, 1.82) is 0 Å². The molecule has 1 aliphatic rings. The molecule has 0 aliphatic heterocycles. The van der Waals surface area contributed by atoms with Gasteiger partial charge in [0, 0.05) is 29.5 Å². The van der Waals surface area contributed by atoms with Gasteiger partial charge in [-0.1, -0.05) is 29.8 Å². The monoisotopic (exact) mass is 314 g/mol. The molecule has 4 heteroatoms. The van der Waals surface area contributed by atoms with Gasteiger partial charge in [-0.2, -0.15) is 0 Å². The third kappa shape index (κ3) is 2.29. The van der Waals surface area contributed by atoms with E-state index < -0.39 is 0 Å². The van der Waals surface area contributed by atoms with Crippen LogP contribution in [0.3, 0.4) is 0 Å². The number of benzene rings is 2. The lowest BCUT2D eigenvalue weighted by atomic mass is 10.00. The third-order valence-electron chi connectivity index (χ3n) is 4.23. The Morgan fingerprint density at radius 3 is 2.54 bits per heavy atom. The maximum atomic E-state index is 10.8. The van der Waals surface area contributed by atoms with E-state index in [1.807, 2.05) is 6.07 Å². The molecule has 2 aromatic carbocycles. The van der Waals surface area contributed by atoms with Crippen LogP contribution in [0.1, 0.15) is 22.3 Å². The summed E-state index contributed by atoms with van der Waals surface area (Å²) >= 11 is 0. The Hall–Kier alpha value is -3.27. The maximum absolute atomic E-state index is 10.8. The first-order valence-corrected chi connectivity index (χ1v) is 7.66. The van der Waals surface area contributed by atoms with E-state index in [9.17, 15) is 10.1 Å². The van der Waals surface area contributed by atoms with Crippen molar-refractivity contribution in [2.45, 2.75) is 6.92 Å². The van der Waals surface area contributed by atoms with E-state index in [1.54, 1.807) is 18.3 Å². The minimum absolute atomic E-state index is 0.0990. The van der Waals surface area contributed by atoms with Crippen molar-refractivity contribution in [1.82, 2.24) is 4.98 Å². The molecule has 24 heavy (non-hydrogen) atoms. The van der Waals surface area contributed by atoms with Crippen molar-refractivity contribution < 1.29 is 4.92 Å². The lowest BCUT2D eigenvalue weighted by Gasteiger charge is -2.04. The molecule has 0 bridgehead atoms. The average Bonchev–Trinajstić information content (AvgIpc) is 2.89. The number of fused-ring (bicyclic) bond motifs is 3. The zero-order valence-corrected chi connectivity index (χ0v) is 13.1. The number of nitrogens with zero attached hydrogens (tertiary/aromatic N) is 2. The van der Waals surface area contributed by atoms with Gasteiger partial charge in [-0.15, -0.1) is 0 Å². The average molecular weight is 314 g/mol. The first kappa shape index (κ1) is 14.3. The first-order chi connectivity index (χ1) is 11.6. The molecule has 0 fully saturated rings. The first-order valence-electron chi connectivity index (χ1n) is 7.66. The Labute approximate surface area is 139 Å². The standard InChI is InChI=1S/C20H14N2O2/c1-13-4-9-17-18(11-13)19(16-3-2-10-21-20(16)17)12-14-5-7-15(8-6-14)22(23)24/h2-12H,1H3/b19-12+. The van der Waals surface area contributed by atoms with Crippen molar-refractivity contribution in [2.75, 3.05) is 0 Å². The van der Waals surface area contributed by atoms with Crippen molar-refractivity contribution in [3.63, 3.8) is 0 Å². The maximum Gasteiger partial charge on any atom is 0.269 e. The number of nitro benzene ring substituents is 1. The summed E-state index contributed by atoms with van der Waals surface area (Å²) in [4.78, 5) is 14.9. The van der Waals surface area contributed by atoms with Crippen LogP contribution < -0.4 is 0 Å². The second-order valence-corrected chi connectivity index (χ2v) is 5.86. The number of hydrogen-bond donors (Lipinski definition) is 0. The van der Waals surface area contributed by atoms with Crippen LogP contribution in [0.2, 0.25) is 0 Å². The molecular formula is C20H14N2O2. The second-order valence-electron chi connectivity index (χ2n) is 5.86. The summed E-state index contributed by atoms with van der Waals surface area (Å²) < 4.78 is 0. The molecule has 0 atom stereocenters. The van der Waals surface area contributed by atoms with E-state index in [1.165, 1.54) is 17.7 Å². The van der Waals surface area contributed by atoms with Gasteiger partial charge in [0.25, 0.3) is 5.69 Å². The lowest BCUT2D eigenvalue weighted by Crippen LogP contribution is -1.87. The SMILES string of the molecule is Cc1ccc2c(c1)/C(=C/c1ccc([N+](=O)[O-])cc1)c1cccnc1-2. The van der Waals surface area contributed by atoms with Crippen LogP contribution in [0, 0.1) is 17.0 Å². The van der Waals surface area contributed by atoms with Crippen LogP contribution >= 0.6 is 0 Å². The highest BCUT2D eigenvalue weighted by Crippen LogP contribution is 2.44. The van der Waals surface area contributed by atoms with Gasteiger partial charge in [0.2, 0.25) is 0 Å². The molecule has 116 valence electrons. The van der Waals surface area contributed by atoms with Gasteiger partial charge in [-0.25, -0.2) is 0 Å². The molecule has 1 heterocycles. The minimum atomic E-state index is -0.385. The van der Waals surface area contributed by atoms with Crippen molar-refractivity contribution in [3.8, 4) is 11.3 Å². The highest BCUT2D eigenvalue weighted by atomic mass is 16.6. The zero-order valence-electron chi connectivity index (χ0n) is 13.1. The van der Waals surface area contributed by atoms with E-state index in [4.69, 9.17) is 0 Å². The molecule has 0 radical (unpaired) electrons. The smallest absolute Gasteiger partial charge is 0.258 e. The molecule has 4 rings (SSSR count). The third-order valence-corrected chi connectivity index (χ3v) is 4.23. The van der Waals surface area contributed by atoms with E-state index in [-0.39, 0.29) is 10.6 Å². The van der Waals surface area contributed by atoms with Crippen LogP contribution in [-0.4, -0.2) is 9.91 Å². The van der Waals surface area contributed by atoms with Gasteiger partial charge in [0.05, 0.1) is 10.6 Å². The highest BCUT2D eigenvalue weighted by Gasteiger charge is 2.24. The van der Waals surface area contributed by atoms with Crippen molar-refractivity contribution in [2.24, 2.45) is 0 Å². The summed E-state index contributed by atoms with van der Waals surface area (Å²) in [5.41, 5.74) is 7.69. The van der Waals surface area contributed by atoms with E-state index in [2.05, 4.69) is 42.2 Å². The summed E-state index contributed by atoms with van der Waals surface area (Å²) in [6.07, 6.45) is 3.87. The van der Waals surface area contributed by atoms with E-state index in [0.717, 1.165) is 33.5 Å². The summed E-state index contributed by atoms with van der Waals surface area (Å²) in [7, 11) is 0. The topological polar surface area (TPSA) is 56.0 Å². The Morgan fingerprint density at radius 2 is 1.79 bits per heavy atom. The van der Waals surface area contributed by atoms with Gasteiger partial charge in [-0.3, -0.25) is 15.1 Å². The van der Waals surface area contributed by atoms with Gasteiger partial charge >= 0.3 is 0 Å². The Kier molecular flexibility index (Phi) is 3.24. The van der Waals surface area contributed by atoms with Gasteiger partial charge in [-0.05, 0) is 47.9 Å². The largest absolute Gasteiger partial charge is 0.269 e. The summed E-state index contributed by atoms with van der Waals surface area (Å²) in [5.74, 6) is 0. The Bertz CT molecular complexity index is 989. The van der Waals surface area contributed by atoms with Crippen LogP contribution in [0.25, 0.3) is 22.9 Å². The predicted octanol–water partition coefficient (Wildman–Crippen LogP) is 4.87. The van der Waals surface area contributed by atoms with Gasteiger partial charge in [0.1, 0.15) is 0 Å². The molecule has 1 aliphatic carbocycles. The zero-order chi connectivity index (χ0) is 16.7. The molecule has 0 amide bonds. The normalized spacial score (nSPS) is 13.6. The predicted molar refractivity (Wildman–Crippen MR) is 94.5 cm³/mol. The summed E-state index contributed by atoms with van der Waals surface area (Å²) in [6, 6.07) is 17.0. The molecule has 0 saturated carbocycles. The molecule has 3 aromatic rings. The second kappa shape index (κ2) is 5.42. The number of pyridine rings is 1. The van der Waals surface area contributed by atoms with Crippen LogP contribution in [-0.2, 0) is 0 Å². The number of hydrogen-bond acceptors (Lipinski definition) is 3. The van der Waals surface area contributed by atoms with Crippen LogP contribution in [0.15, 0.2) is 60.8 Å². The highest BCUT2D eigenvalue weighted by molar-refractivity contribution is 6.05.